The number of hydrogen-bond donors (Lipinski definition) is 6. The molecule has 0 aliphatic carbocycles. The van der Waals surface area contributed by atoms with Gasteiger partial charge in [-0.1, -0.05) is 16.9 Å². The molecule has 0 saturated heterocycles. The van der Waals surface area contributed by atoms with Crippen molar-refractivity contribution in [2.45, 2.75) is 0 Å². The standard InChI is InChI=1S/C7H6O3.C4H3FN2O3.HNO2.H3N.Pt/c8-6-4-2-1-3-5(6)7(9)10;5-2-1-6-4(9)7(10)3(2)8;2-1-3;;/h1-4,8H,(H,9,10);1,10H,(H,6,9);(H,2,3);1H3;/q;;;;+4. The summed E-state index contributed by atoms with van der Waals surface area (Å²) in [6.07, 6.45) is 0.581. The van der Waals surface area contributed by atoms with E-state index in [1.54, 1.807) is 17.1 Å². The van der Waals surface area contributed by atoms with Crippen LogP contribution in [-0.2, 0) is 21.1 Å². The first-order valence-corrected chi connectivity index (χ1v) is 5.43. The van der Waals surface area contributed by atoms with Crippen molar-refractivity contribution in [3.63, 3.8) is 0 Å². The van der Waals surface area contributed by atoms with Gasteiger partial charge in [0.05, 0.1) is 0 Å². The van der Waals surface area contributed by atoms with Crippen LogP contribution in [0.5, 0.6) is 5.75 Å². The van der Waals surface area contributed by atoms with E-state index in [0.717, 1.165) is 0 Å². The van der Waals surface area contributed by atoms with Crippen LogP contribution in [0.1, 0.15) is 10.4 Å². The number of hydrogen-bond acceptors (Lipinski definition) is 8. The Hall–Kier alpha value is -3.05. The molecule has 12 nitrogen and oxygen atoms in total. The minimum atomic E-state index is -1.36. The predicted molar refractivity (Wildman–Crippen MR) is 76.1 cm³/mol. The second kappa shape index (κ2) is 13.4. The second-order valence-electron chi connectivity index (χ2n) is 3.46. The Balaban J connectivity index is -0.000000313. The van der Waals surface area contributed by atoms with E-state index < -0.39 is 23.0 Å². The number of aromatic nitrogens is 2. The van der Waals surface area contributed by atoms with E-state index in [9.17, 15) is 18.8 Å². The molecule has 1 aromatic heterocycles. The van der Waals surface area contributed by atoms with Crippen LogP contribution >= 0.6 is 0 Å². The van der Waals surface area contributed by atoms with Crippen LogP contribution in [-0.4, -0.2) is 36.3 Å². The summed E-state index contributed by atoms with van der Waals surface area (Å²) in [5.41, 5.74) is -2.49. The molecule has 0 aliphatic heterocycles. The molecule has 0 radical (unpaired) electrons. The number of para-hydroxylation sites is 1. The molecule has 25 heavy (non-hydrogen) atoms. The van der Waals surface area contributed by atoms with E-state index in [4.69, 9.17) is 25.5 Å². The van der Waals surface area contributed by atoms with Crippen LogP contribution in [0.3, 0.4) is 0 Å². The molecule has 0 amide bonds. The summed E-state index contributed by atoms with van der Waals surface area (Å²) in [5.74, 6) is -2.52. The maximum absolute atomic E-state index is 12.1. The number of carboxylic acid groups (broad SMARTS) is 1. The molecule has 14 heteroatoms. The average molecular weight is 543 g/mol. The molecule has 1 heterocycles. The van der Waals surface area contributed by atoms with Crippen molar-refractivity contribution >= 4 is 5.97 Å². The number of nitrogens with one attached hydrogen (secondary N) is 1. The van der Waals surface area contributed by atoms with Crippen molar-refractivity contribution in [1.82, 2.24) is 15.9 Å². The van der Waals surface area contributed by atoms with E-state index in [2.05, 4.69) is 0 Å². The molecule has 0 unspecified atom stereocenters. The van der Waals surface area contributed by atoms with Crippen molar-refractivity contribution in [3.05, 3.63) is 67.6 Å². The number of aromatic amines is 1. The van der Waals surface area contributed by atoms with Crippen LogP contribution in [0.15, 0.2) is 45.4 Å². The first-order chi connectivity index (χ1) is 10.8. The summed E-state index contributed by atoms with van der Waals surface area (Å²) in [5, 5.41) is 33.6. The Kier molecular flexibility index (Phi) is 14.4. The van der Waals surface area contributed by atoms with Gasteiger partial charge >= 0.3 is 38.3 Å². The summed E-state index contributed by atoms with van der Waals surface area (Å²) in [6.45, 7) is 0. The Morgan fingerprint density at radius 1 is 1.24 bits per heavy atom. The number of phenols is 1. The minimum Gasteiger partial charge on any atom is -0.507 e. The fourth-order valence-electron chi connectivity index (χ4n) is 1.10. The molecule has 8 N–H and O–H groups in total. The summed E-state index contributed by atoms with van der Waals surface area (Å²) in [6, 6.07) is 5.81. The Morgan fingerprint density at radius 2 is 1.72 bits per heavy atom. The van der Waals surface area contributed by atoms with E-state index in [1.807, 2.05) is 0 Å². The molecule has 0 fully saturated rings. The number of aromatic carboxylic acids is 1. The van der Waals surface area contributed by atoms with Crippen LogP contribution in [0, 0.1) is 10.7 Å². The van der Waals surface area contributed by atoms with Crippen LogP contribution < -0.4 is 17.4 Å². The van der Waals surface area contributed by atoms with E-state index >= 15 is 0 Å². The van der Waals surface area contributed by atoms with Gasteiger partial charge < -0.3 is 31.8 Å². The fraction of sp³-hybridized carbons (Fsp3) is 0. The normalized spacial score (nSPS) is 8.04. The van der Waals surface area contributed by atoms with Gasteiger partial charge in [-0.25, -0.2) is 9.59 Å². The number of rotatable bonds is 1. The number of aromatic hydroxyl groups is 1. The summed E-state index contributed by atoms with van der Waals surface area (Å²) in [4.78, 5) is 40.8. The summed E-state index contributed by atoms with van der Waals surface area (Å²) in [7, 11) is 0. The van der Waals surface area contributed by atoms with Gasteiger partial charge in [0.2, 0.25) is 5.82 Å². The zero-order valence-corrected chi connectivity index (χ0v) is 14.4. The molecule has 0 saturated carbocycles. The SMILES string of the molecule is N.O=C(O)c1ccccc1O.O=NO.O=c1[nH]cc(F)c(=O)n1O.[Pt+4]. The number of carboxylic acids is 1. The van der Waals surface area contributed by atoms with Crippen molar-refractivity contribution in [1.29, 1.82) is 0 Å². The van der Waals surface area contributed by atoms with Gasteiger partial charge in [-0.05, 0) is 12.1 Å². The van der Waals surface area contributed by atoms with Gasteiger partial charge in [-0.15, -0.1) is 4.91 Å². The van der Waals surface area contributed by atoms with E-state index in [1.165, 1.54) is 17.5 Å². The molecule has 0 bridgehead atoms. The molecule has 0 aliphatic rings. The van der Waals surface area contributed by atoms with Gasteiger partial charge in [-0.2, -0.15) is 4.39 Å². The van der Waals surface area contributed by atoms with E-state index in [-0.39, 0.29) is 43.3 Å². The number of halogens is 1. The van der Waals surface area contributed by atoms with Gasteiger partial charge in [-0.3, -0.25) is 4.79 Å². The summed E-state index contributed by atoms with van der Waals surface area (Å²) >= 11 is 0. The zero-order chi connectivity index (χ0) is 18.0. The molecule has 2 rings (SSSR count). The monoisotopic (exact) mass is 543 g/mol. The fourth-order valence-corrected chi connectivity index (χ4v) is 1.10. The Labute approximate surface area is 151 Å². The third kappa shape index (κ3) is 8.98. The van der Waals surface area contributed by atoms with Crippen molar-refractivity contribution in [2.75, 3.05) is 0 Å². The second-order valence-corrected chi connectivity index (χ2v) is 3.46. The Bertz CT molecular complexity index is 794. The van der Waals surface area contributed by atoms with E-state index in [0.29, 0.717) is 6.20 Å². The third-order valence-corrected chi connectivity index (χ3v) is 2.05. The van der Waals surface area contributed by atoms with Gasteiger partial charge in [0.1, 0.15) is 11.3 Å². The van der Waals surface area contributed by atoms with Gasteiger partial charge in [0.15, 0.2) is 5.34 Å². The molecular formula is C11H13FN4O8Pt+4. The third-order valence-electron chi connectivity index (χ3n) is 2.05. The minimum absolute atomic E-state index is 0. The quantitative estimate of drug-likeness (QED) is 0.165. The number of nitrogens with zero attached hydrogens (tertiary/aromatic N) is 2. The number of benzene rings is 1. The Morgan fingerprint density at radius 3 is 2.08 bits per heavy atom. The van der Waals surface area contributed by atoms with Crippen molar-refractivity contribution in [2.24, 2.45) is 5.34 Å². The average Bonchev–Trinajstić information content (AvgIpc) is 2.51. The van der Waals surface area contributed by atoms with Gasteiger partial charge in [0, 0.05) is 6.20 Å². The van der Waals surface area contributed by atoms with Crippen LogP contribution in [0.4, 0.5) is 4.39 Å². The molecule has 2 aromatic rings. The van der Waals surface area contributed by atoms with Crippen molar-refractivity contribution < 1.29 is 50.9 Å². The largest absolute Gasteiger partial charge is 4.00 e. The molecular weight excluding hydrogens is 530 g/mol. The summed E-state index contributed by atoms with van der Waals surface area (Å²) < 4.78 is 11.8. The smallest absolute Gasteiger partial charge is 0.507 e. The van der Waals surface area contributed by atoms with Crippen molar-refractivity contribution in [3.8, 4) is 5.75 Å². The topological polar surface area (TPSA) is 217 Å². The van der Waals surface area contributed by atoms with Crippen LogP contribution in [0.2, 0.25) is 0 Å². The van der Waals surface area contributed by atoms with Crippen LogP contribution in [0.25, 0.3) is 0 Å². The number of H-pyrrole nitrogens is 1. The predicted octanol–water partition coefficient (Wildman–Crippen LogP) is 0.305. The molecule has 0 atom stereocenters. The number of carbonyl (C=O) groups is 1. The first-order valence-electron chi connectivity index (χ1n) is 5.43. The molecule has 0 spiro atoms. The molecule has 138 valence electrons. The maximum Gasteiger partial charge on any atom is 4.00 e. The van der Waals surface area contributed by atoms with Gasteiger partial charge in [0.25, 0.3) is 0 Å². The first kappa shape index (κ1) is 26.8. The zero-order valence-electron chi connectivity index (χ0n) is 12.1. The molecule has 1 aromatic carbocycles. The maximum atomic E-state index is 12.1.